The Bertz CT molecular complexity index is 49.4. The zero-order valence-corrected chi connectivity index (χ0v) is 8.73. The second-order valence-electron chi connectivity index (χ2n) is 1.37. The zero-order chi connectivity index (χ0) is 5.91. The maximum absolute atomic E-state index is 5.56. The lowest BCUT2D eigenvalue weighted by Gasteiger charge is -2.01. The summed E-state index contributed by atoms with van der Waals surface area (Å²) < 4.78 is 0. The summed E-state index contributed by atoms with van der Waals surface area (Å²) in [5.74, 6) is 0. The van der Waals surface area contributed by atoms with E-state index in [-0.39, 0.29) is 9.04 Å². The standard InChI is InChI=1S/C2H7Cl3Si2/c1-2-6-7(3,4)5/h2,6H2,1H3. The van der Waals surface area contributed by atoms with E-state index in [0.717, 1.165) is 6.04 Å². The van der Waals surface area contributed by atoms with Crippen LogP contribution in [0, 0.1) is 0 Å². The first-order chi connectivity index (χ1) is 3.06. The summed E-state index contributed by atoms with van der Waals surface area (Å²) in [5.41, 5.74) is -2.10. The zero-order valence-electron chi connectivity index (χ0n) is 4.05. The van der Waals surface area contributed by atoms with Gasteiger partial charge in [-0.1, -0.05) is 13.0 Å². The van der Waals surface area contributed by atoms with E-state index in [1.165, 1.54) is 0 Å². The molecule has 0 unspecified atom stereocenters. The van der Waals surface area contributed by atoms with Gasteiger partial charge in [0, 0.05) is 0 Å². The summed E-state index contributed by atoms with van der Waals surface area (Å²) in [6.07, 6.45) is 0. The van der Waals surface area contributed by atoms with E-state index in [0.29, 0.717) is 0 Å². The Hall–Kier alpha value is 1.30. The van der Waals surface area contributed by atoms with Gasteiger partial charge in [0.25, 0.3) is 0 Å². The van der Waals surface area contributed by atoms with Crippen molar-refractivity contribution in [3.05, 3.63) is 0 Å². The van der Waals surface area contributed by atoms with Gasteiger partial charge in [-0.3, -0.25) is 0 Å². The lowest BCUT2D eigenvalue weighted by molar-refractivity contribution is 1.47. The molecule has 0 amide bonds. The molecular formula is C2H7Cl3Si2. The van der Waals surface area contributed by atoms with Gasteiger partial charge in [0.05, 0.1) is 9.04 Å². The van der Waals surface area contributed by atoms with Gasteiger partial charge in [-0.25, -0.2) is 0 Å². The molecule has 0 spiro atoms. The molecule has 44 valence electrons. The van der Waals surface area contributed by atoms with Gasteiger partial charge in [0.1, 0.15) is 0 Å². The van der Waals surface area contributed by atoms with Crippen molar-refractivity contribution < 1.29 is 0 Å². The van der Waals surface area contributed by atoms with Gasteiger partial charge in [0.15, 0.2) is 0 Å². The maximum Gasteiger partial charge on any atom is 0.317 e. The Morgan fingerprint density at radius 1 is 1.43 bits per heavy atom. The van der Waals surface area contributed by atoms with E-state index in [9.17, 15) is 0 Å². The highest BCUT2D eigenvalue weighted by atomic mass is 35.8. The van der Waals surface area contributed by atoms with E-state index in [4.69, 9.17) is 33.2 Å². The summed E-state index contributed by atoms with van der Waals surface area (Å²) >= 11 is 16.7. The third-order valence-corrected chi connectivity index (χ3v) is 9.90. The van der Waals surface area contributed by atoms with Crippen LogP contribution in [-0.4, -0.2) is 14.6 Å². The molecule has 0 fully saturated rings. The minimum atomic E-state index is -2.10. The fraction of sp³-hybridized carbons (Fsp3) is 1.00. The van der Waals surface area contributed by atoms with Crippen LogP contribution in [0.3, 0.4) is 0 Å². The average molecular weight is 194 g/mol. The van der Waals surface area contributed by atoms with Crippen molar-refractivity contribution in [2.45, 2.75) is 13.0 Å². The normalized spacial score (nSPS) is 13.7. The molecule has 0 radical (unpaired) electrons. The highest BCUT2D eigenvalue weighted by Gasteiger charge is 2.22. The first-order valence-corrected chi connectivity index (χ1v) is 10.5. The van der Waals surface area contributed by atoms with Gasteiger partial charge < -0.3 is 0 Å². The van der Waals surface area contributed by atoms with Crippen molar-refractivity contribution in [1.29, 1.82) is 0 Å². The van der Waals surface area contributed by atoms with Crippen LogP contribution in [0.25, 0.3) is 0 Å². The van der Waals surface area contributed by atoms with Crippen LogP contribution in [-0.2, 0) is 0 Å². The van der Waals surface area contributed by atoms with Crippen molar-refractivity contribution in [1.82, 2.24) is 0 Å². The van der Waals surface area contributed by atoms with E-state index in [2.05, 4.69) is 6.92 Å². The fourth-order valence-electron chi connectivity index (χ4n) is 0.283. The van der Waals surface area contributed by atoms with E-state index >= 15 is 0 Å². The third kappa shape index (κ3) is 7.30. The Labute approximate surface area is 60.9 Å². The summed E-state index contributed by atoms with van der Waals surface area (Å²) in [5, 5.41) is 0. The monoisotopic (exact) mass is 192 g/mol. The summed E-state index contributed by atoms with van der Waals surface area (Å²) in [7, 11) is -0.305. The summed E-state index contributed by atoms with van der Waals surface area (Å²) in [6.45, 7) is 2.07. The van der Waals surface area contributed by atoms with E-state index in [1.807, 2.05) is 0 Å². The van der Waals surface area contributed by atoms with Crippen LogP contribution in [0.1, 0.15) is 6.92 Å². The van der Waals surface area contributed by atoms with Crippen molar-refractivity contribution in [3.8, 4) is 0 Å². The van der Waals surface area contributed by atoms with E-state index < -0.39 is 5.52 Å². The van der Waals surface area contributed by atoms with Crippen LogP contribution < -0.4 is 0 Å². The molecule has 0 N–H and O–H groups in total. The van der Waals surface area contributed by atoms with Crippen LogP contribution >= 0.6 is 33.2 Å². The maximum atomic E-state index is 5.56. The molecule has 0 aliphatic rings. The van der Waals surface area contributed by atoms with Crippen LogP contribution in [0.4, 0.5) is 0 Å². The molecule has 0 aromatic heterocycles. The second-order valence-corrected chi connectivity index (χ2v) is 20.4. The number of hydrogen-bond donors (Lipinski definition) is 0. The van der Waals surface area contributed by atoms with Crippen molar-refractivity contribution in [2.75, 3.05) is 0 Å². The van der Waals surface area contributed by atoms with Gasteiger partial charge in [0.2, 0.25) is 0 Å². The topological polar surface area (TPSA) is 0 Å². The second kappa shape index (κ2) is 3.35. The van der Waals surface area contributed by atoms with Gasteiger partial charge in [-0.15, -0.1) is 33.2 Å². The van der Waals surface area contributed by atoms with Crippen LogP contribution in [0.15, 0.2) is 0 Å². The molecule has 0 aliphatic heterocycles. The molecular weight excluding hydrogens is 187 g/mol. The van der Waals surface area contributed by atoms with Gasteiger partial charge in [-0.05, 0) is 0 Å². The SMILES string of the molecule is CC[SiH2][Si](Cl)(Cl)Cl. The fourth-order valence-corrected chi connectivity index (χ4v) is 7.65. The lowest BCUT2D eigenvalue weighted by Crippen LogP contribution is -2.19. The Morgan fingerprint density at radius 2 is 1.86 bits per heavy atom. The number of rotatable bonds is 2. The molecule has 0 aliphatic carbocycles. The Kier molecular flexibility index (Phi) is 3.98. The lowest BCUT2D eigenvalue weighted by atomic mass is 11.0. The third-order valence-electron chi connectivity index (χ3n) is 0.533. The predicted molar refractivity (Wildman–Crippen MR) is 42.3 cm³/mol. The molecule has 0 aromatic carbocycles. The van der Waals surface area contributed by atoms with Crippen molar-refractivity contribution in [3.63, 3.8) is 0 Å². The Morgan fingerprint density at radius 3 is 1.86 bits per heavy atom. The minimum Gasteiger partial charge on any atom is -0.130 e. The van der Waals surface area contributed by atoms with Gasteiger partial charge >= 0.3 is 5.52 Å². The predicted octanol–water partition coefficient (Wildman–Crippen LogP) is 1.75. The largest absolute Gasteiger partial charge is 0.317 e. The number of halogens is 3. The Balaban J connectivity index is 3.15. The molecule has 0 aromatic rings. The molecule has 0 atom stereocenters. The molecule has 0 nitrogen and oxygen atoms in total. The van der Waals surface area contributed by atoms with Crippen molar-refractivity contribution in [2.24, 2.45) is 0 Å². The average Bonchev–Trinajstić information content (AvgIpc) is 1.30. The van der Waals surface area contributed by atoms with Gasteiger partial charge in [-0.2, -0.15) is 0 Å². The number of hydrogen-bond acceptors (Lipinski definition) is 0. The van der Waals surface area contributed by atoms with Crippen molar-refractivity contribution >= 4 is 47.8 Å². The minimum absolute atomic E-state index is 0.305. The molecule has 0 rings (SSSR count). The van der Waals surface area contributed by atoms with Crippen LogP contribution in [0.5, 0.6) is 0 Å². The summed E-state index contributed by atoms with van der Waals surface area (Å²) in [4.78, 5) is 0. The molecule has 0 heterocycles. The molecule has 0 saturated heterocycles. The summed E-state index contributed by atoms with van der Waals surface area (Å²) in [6, 6.07) is 1.11. The van der Waals surface area contributed by atoms with E-state index in [1.54, 1.807) is 0 Å². The molecule has 5 heteroatoms. The molecule has 7 heavy (non-hydrogen) atoms. The molecule has 0 bridgehead atoms. The molecule has 0 saturated carbocycles. The first-order valence-electron chi connectivity index (χ1n) is 2.13. The first kappa shape index (κ1) is 8.30. The highest BCUT2D eigenvalue weighted by Crippen LogP contribution is 2.18. The van der Waals surface area contributed by atoms with Crippen LogP contribution in [0.2, 0.25) is 6.04 Å². The quantitative estimate of drug-likeness (QED) is 0.463. The highest BCUT2D eigenvalue weighted by molar-refractivity contribution is 7.82. The smallest absolute Gasteiger partial charge is 0.130 e.